The second-order valence-corrected chi connectivity index (χ2v) is 7.95. The van der Waals surface area contributed by atoms with Crippen molar-refractivity contribution >= 4 is 74.8 Å². The molecule has 8 heteroatoms. The Morgan fingerprint density at radius 1 is 1.04 bits per heavy atom. The van der Waals surface area contributed by atoms with E-state index in [1.54, 1.807) is 36.4 Å². The van der Waals surface area contributed by atoms with Crippen LogP contribution in [-0.4, -0.2) is 23.0 Å². The molecule has 0 aromatic heterocycles. The number of carbonyl (C=O) groups is 3. The lowest BCUT2D eigenvalue weighted by Crippen LogP contribution is -2.54. The highest BCUT2D eigenvalue weighted by Crippen LogP contribution is 2.29. The molecule has 0 saturated carbocycles. The highest BCUT2D eigenvalue weighted by molar-refractivity contribution is 14.1. The highest BCUT2D eigenvalue weighted by Gasteiger charge is 2.36. The number of phenolic OH excluding ortho intramolecular Hbond substituents is 1. The number of urea groups is 1. The fraction of sp³-hybridized carbons (Fsp3) is 0.0556. The lowest BCUT2D eigenvalue weighted by atomic mass is 10.1. The molecule has 3 rings (SSSR count). The number of barbiturate groups is 1. The zero-order chi connectivity index (χ0) is 19.0. The Bertz CT molecular complexity index is 945. The first-order valence-corrected chi connectivity index (χ1v) is 9.60. The molecule has 1 aliphatic rings. The van der Waals surface area contributed by atoms with Gasteiger partial charge in [0.15, 0.2) is 0 Å². The molecule has 1 heterocycles. The standard InChI is InChI=1S/C18H12I2N2O4/c1-9-2-4-11(5-3-9)22-17(25)12(16(24)21-18(22)26)6-10-7-13(19)15(23)14(20)8-10/h2-8,23H,1H3,(H,21,24,26). The van der Waals surface area contributed by atoms with Gasteiger partial charge in [0.05, 0.1) is 12.8 Å². The zero-order valence-electron chi connectivity index (χ0n) is 13.4. The van der Waals surface area contributed by atoms with Crippen molar-refractivity contribution in [3.05, 3.63) is 60.2 Å². The first kappa shape index (κ1) is 18.8. The van der Waals surface area contributed by atoms with E-state index in [9.17, 15) is 19.5 Å². The van der Waals surface area contributed by atoms with Crippen LogP contribution < -0.4 is 10.2 Å². The normalized spacial score (nSPS) is 16.2. The maximum Gasteiger partial charge on any atom is 0.335 e. The predicted molar refractivity (Wildman–Crippen MR) is 114 cm³/mol. The van der Waals surface area contributed by atoms with E-state index in [1.165, 1.54) is 6.08 Å². The predicted octanol–water partition coefficient (Wildman–Crippen LogP) is 3.58. The molecule has 0 bridgehead atoms. The molecule has 6 nitrogen and oxygen atoms in total. The number of hydrogen-bond donors (Lipinski definition) is 2. The van der Waals surface area contributed by atoms with Gasteiger partial charge in [-0.2, -0.15) is 0 Å². The van der Waals surface area contributed by atoms with Crippen molar-refractivity contribution in [3.8, 4) is 5.75 Å². The number of benzene rings is 2. The second kappa shape index (κ2) is 7.35. The minimum atomic E-state index is -0.782. The number of imide groups is 2. The molecule has 2 aromatic rings. The lowest BCUT2D eigenvalue weighted by Gasteiger charge is -2.26. The Morgan fingerprint density at radius 2 is 1.62 bits per heavy atom. The van der Waals surface area contributed by atoms with Gasteiger partial charge in [0.1, 0.15) is 11.3 Å². The van der Waals surface area contributed by atoms with Crippen molar-refractivity contribution < 1.29 is 19.5 Å². The molecule has 132 valence electrons. The van der Waals surface area contributed by atoms with E-state index in [0.717, 1.165) is 10.5 Å². The fourth-order valence-electron chi connectivity index (χ4n) is 2.42. The minimum absolute atomic E-state index is 0.143. The van der Waals surface area contributed by atoms with E-state index in [4.69, 9.17) is 0 Å². The average molecular weight is 574 g/mol. The van der Waals surface area contributed by atoms with Gasteiger partial charge in [-0.05, 0) is 88.0 Å². The molecule has 26 heavy (non-hydrogen) atoms. The summed E-state index contributed by atoms with van der Waals surface area (Å²) in [6.45, 7) is 1.89. The molecule has 1 aliphatic heterocycles. The number of aromatic hydroxyl groups is 1. The van der Waals surface area contributed by atoms with Crippen LogP contribution in [0.4, 0.5) is 10.5 Å². The third-order valence-corrected chi connectivity index (χ3v) is 5.39. The number of aryl methyl sites for hydroxylation is 1. The number of carbonyl (C=O) groups excluding carboxylic acids is 3. The number of anilines is 1. The molecular formula is C18H12I2N2O4. The summed E-state index contributed by atoms with van der Waals surface area (Å²) in [6.07, 6.45) is 1.41. The minimum Gasteiger partial charge on any atom is -0.506 e. The van der Waals surface area contributed by atoms with Gasteiger partial charge in [-0.25, -0.2) is 9.69 Å². The van der Waals surface area contributed by atoms with Crippen molar-refractivity contribution in [2.75, 3.05) is 4.90 Å². The van der Waals surface area contributed by atoms with E-state index in [2.05, 4.69) is 5.32 Å². The number of halogens is 2. The first-order valence-electron chi connectivity index (χ1n) is 7.44. The van der Waals surface area contributed by atoms with Crippen LogP contribution in [0.1, 0.15) is 11.1 Å². The van der Waals surface area contributed by atoms with Crippen LogP contribution in [0.2, 0.25) is 0 Å². The molecule has 0 spiro atoms. The Balaban J connectivity index is 2.04. The molecule has 0 radical (unpaired) electrons. The summed E-state index contributed by atoms with van der Waals surface area (Å²) < 4.78 is 1.19. The maximum atomic E-state index is 12.8. The SMILES string of the molecule is Cc1ccc(N2C(=O)NC(=O)C(=Cc3cc(I)c(O)c(I)c3)C2=O)cc1. The number of nitrogens with one attached hydrogen (secondary N) is 1. The number of nitrogens with zero attached hydrogens (tertiary/aromatic N) is 1. The number of phenols is 1. The monoisotopic (exact) mass is 574 g/mol. The summed E-state index contributed by atoms with van der Waals surface area (Å²) in [6, 6.07) is 9.37. The molecule has 1 fully saturated rings. The third-order valence-electron chi connectivity index (χ3n) is 3.74. The maximum absolute atomic E-state index is 12.8. The summed E-state index contributed by atoms with van der Waals surface area (Å²) in [4.78, 5) is 38.1. The van der Waals surface area contributed by atoms with E-state index < -0.39 is 17.8 Å². The van der Waals surface area contributed by atoms with Gasteiger partial charge in [-0.3, -0.25) is 14.9 Å². The van der Waals surface area contributed by atoms with E-state index >= 15 is 0 Å². The number of hydrogen-bond acceptors (Lipinski definition) is 4. The van der Waals surface area contributed by atoms with Gasteiger partial charge >= 0.3 is 6.03 Å². The van der Waals surface area contributed by atoms with Crippen LogP contribution in [0.15, 0.2) is 42.0 Å². The smallest absolute Gasteiger partial charge is 0.335 e. The fourth-order valence-corrected chi connectivity index (χ4v) is 4.24. The molecule has 4 amide bonds. The lowest BCUT2D eigenvalue weighted by molar-refractivity contribution is -0.122. The van der Waals surface area contributed by atoms with Crippen molar-refractivity contribution in [1.29, 1.82) is 0 Å². The van der Waals surface area contributed by atoms with Gasteiger partial charge in [-0.15, -0.1) is 0 Å². The summed E-state index contributed by atoms with van der Waals surface area (Å²) in [5.74, 6) is -1.30. The van der Waals surface area contributed by atoms with Crippen molar-refractivity contribution in [2.45, 2.75) is 6.92 Å². The highest BCUT2D eigenvalue weighted by atomic mass is 127. The molecule has 2 aromatic carbocycles. The van der Waals surface area contributed by atoms with Crippen LogP contribution >= 0.6 is 45.2 Å². The topological polar surface area (TPSA) is 86.7 Å². The molecule has 0 atom stereocenters. The van der Waals surface area contributed by atoms with Crippen LogP contribution in [-0.2, 0) is 9.59 Å². The first-order chi connectivity index (χ1) is 12.3. The van der Waals surface area contributed by atoms with Gasteiger partial charge in [0.2, 0.25) is 0 Å². The Hall–Kier alpha value is -1.95. The van der Waals surface area contributed by atoms with E-state index in [1.807, 2.05) is 52.1 Å². The quantitative estimate of drug-likeness (QED) is 0.327. The van der Waals surface area contributed by atoms with Crippen LogP contribution in [0, 0.1) is 14.1 Å². The van der Waals surface area contributed by atoms with Crippen molar-refractivity contribution in [1.82, 2.24) is 5.32 Å². The summed E-state index contributed by atoms with van der Waals surface area (Å²) in [5.41, 5.74) is 1.79. The number of amides is 4. The van der Waals surface area contributed by atoms with Crippen LogP contribution in [0.3, 0.4) is 0 Å². The Kier molecular flexibility index (Phi) is 5.32. The largest absolute Gasteiger partial charge is 0.506 e. The Morgan fingerprint density at radius 3 is 2.19 bits per heavy atom. The molecule has 2 N–H and O–H groups in total. The summed E-state index contributed by atoms with van der Waals surface area (Å²) in [5, 5.41) is 12.0. The van der Waals surface area contributed by atoms with Crippen LogP contribution in [0.5, 0.6) is 5.75 Å². The summed E-state index contributed by atoms with van der Waals surface area (Å²) in [7, 11) is 0. The molecular weight excluding hydrogens is 562 g/mol. The van der Waals surface area contributed by atoms with E-state index in [0.29, 0.717) is 18.4 Å². The van der Waals surface area contributed by atoms with Gasteiger partial charge < -0.3 is 5.11 Å². The third kappa shape index (κ3) is 3.61. The zero-order valence-corrected chi connectivity index (χ0v) is 17.7. The molecule has 0 unspecified atom stereocenters. The molecule has 0 aliphatic carbocycles. The van der Waals surface area contributed by atoms with Crippen molar-refractivity contribution in [2.24, 2.45) is 0 Å². The van der Waals surface area contributed by atoms with Gasteiger partial charge in [0, 0.05) is 0 Å². The van der Waals surface area contributed by atoms with Gasteiger partial charge in [-0.1, -0.05) is 17.7 Å². The van der Waals surface area contributed by atoms with Gasteiger partial charge in [0.25, 0.3) is 11.8 Å². The van der Waals surface area contributed by atoms with Crippen molar-refractivity contribution in [3.63, 3.8) is 0 Å². The van der Waals surface area contributed by atoms with Crippen LogP contribution in [0.25, 0.3) is 6.08 Å². The Labute approximate surface area is 176 Å². The number of rotatable bonds is 2. The van der Waals surface area contributed by atoms with E-state index in [-0.39, 0.29) is 11.3 Å². The average Bonchev–Trinajstić information content (AvgIpc) is 2.58. The second-order valence-electron chi connectivity index (χ2n) is 5.63. The molecule has 1 saturated heterocycles. The summed E-state index contributed by atoms with van der Waals surface area (Å²) >= 11 is 3.93.